The number of aliphatic hydroxyl groups is 1. The second-order valence-electron chi connectivity index (χ2n) is 33.4. The molecule has 5 aromatic rings. The zero-order chi connectivity index (χ0) is 92.8. The molecule has 1 saturated heterocycles. The first-order chi connectivity index (χ1) is 58.9. The number of rotatable bonds is 51. The molecular weight excluding hydrogens is 1630 g/mol. The van der Waals surface area contributed by atoms with Gasteiger partial charge in [-0.05, 0) is 143 Å². The number of para-hydroxylation sites is 2. The van der Waals surface area contributed by atoms with Crippen molar-refractivity contribution >= 4 is 122 Å². The Morgan fingerprint density at radius 3 is 1.23 bits per heavy atom. The van der Waals surface area contributed by atoms with Gasteiger partial charge in [-0.1, -0.05) is 104 Å². The first-order valence-electron chi connectivity index (χ1n) is 41.8. The molecule has 125 heavy (non-hydrogen) atoms. The maximum absolute atomic E-state index is 15.0. The predicted molar refractivity (Wildman–Crippen MR) is 456 cm³/mol. The van der Waals surface area contributed by atoms with Gasteiger partial charge < -0.3 is 121 Å². The zero-order valence-corrected chi connectivity index (χ0v) is 71.9. The number of nitrogens with zero attached hydrogens (tertiary/aromatic N) is 1. The average Bonchev–Trinajstić information content (AvgIpc) is 1.73. The Kier molecular flexibility index (Phi) is 39.2. The molecule has 0 unspecified atom stereocenters. The molecule has 0 spiro atoms. The van der Waals surface area contributed by atoms with Crippen molar-refractivity contribution in [3.8, 4) is 5.75 Å². The van der Waals surface area contributed by atoms with Crippen molar-refractivity contribution in [1.29, 1.82) is 0 Å². The van der Waals surface area contributed by atoms with Crippen LogP contribution in [0.2, 0.25) is 0 Å². The van der Waals surface area contributed by atoms with Gasteiger partial charge in [0.05, 0.1) is 31.4 Å². The number of phenols is 1. The van der Waals surface area contributed by atoms with Crippen LogP contribution < -0.4 is 81.0 Å². The number of H-pyrrole nitrogens is 2. The van der Waals surface area contributed by atoms with Crippen LogP contribution in [0.25, 0.3) is 21.8 Å². The molecule has 1 fully saturated rings. The number of hydrogen-bond acceptors (Lipinski definition) is 21. The van der Waals surface area contributed by atoms with Crippen LogP contribution in [0.15, 0.2) is 85.2 Å². The SMILES string of the molecule is CC(C)C[C@H](NC(=O)[C@H](CC(C)C)NC(=O)[C@H](Cc1c[nH]c2ccccc12)NC(=O)[C@H](CC(C)C)NC(=O)[C@H](CCCCN)NC(=O)[C@@H](NC(=O)[C@H](CC(C)C)NC(=O)[C@@H]1CCCN1C(=O)[C@H](CC(=O)O)NC(=O)[C@H](Cc1ccc(O)cc1)NC(=O)[C@H](Cc1c[nH]c2ccccc12)NC(=O)[C@H](CC(N)=O)NC(=O)[C@H](C)N)[C@@H](C)O)C(=O)N[C@@H](CC(=O)O)C(=O)O. The van der Waals surface area contributed by atoms with Gasteiger partial charge in [0.2, 0.25) is 82.7 Å². The third-order valence-electron chi connectivity index (χ3n) is 20.8. The quantitative estimate of drug-likeness (QED) is 0.0211. The molecule has 40 nitrogen and oxygen atoms in total. The molecule has 15 atom stereocenters. The van der Waals surface area contributed by atoms with E-state index in [-0.39, 0.29) is 107 Å². The molecule has 0 radical (unpaired) electrons. The molecule has 0 saturated carbocycles. The van der Waals surface area contributed by atoms with Crippen LogP contribution in [-0.4, -0.2) is 245 Å². The lowest BCUT2D eigenvalue weighted by Crippen LogP contribution is -2.62. The first-order valence-corrected chi connectivity index (χ1v) is 41.8. The zero-order valence-electron chi connectivity index (χ0n) is 71.9. The van der Waals surface area contributed by atoms with Crippen LogP contribution in [0.4, 0.5) is 0 Å². The lowest BCUT2D eigenvalue weighted by molar-refractivity contribution is -0.147. The minimum absolute atomic E-state index is 0.0240. The van der Waals surface area contributed by atoms with Gasteiger partial charge in [0.15, 0.2) is 0 Å². The topological polar surface area (TPSA) is 649 Å². The summed E-state index contributed by atoms with van der Waals surface area (Å²) in [5.41, 5.74) is 19.8. The van der Waals surface area contributed by atoms with E-state index in [0.29, 0.717) is 44.9 Å². The Labute approximate surface area is 722 Å². The molecule has 1 aliphatic heterocycles. The van der Waals surface area contributed by atoms with Crippen molar-refractivity contribution in [1.82, 2.24) is 78.7 Å². The van der Waals surface area contributed by atoms with Gasteiger partial charge >= 0.3 is 17.9 Å². The van der Waals surface area contributed by atoms with Gasteiger partial charge in [0, 0.05) is 60.0 Å². The lowest BCUT2D eigenvalue weighted by atomic mass is 9.98. The van der Waals surface area contributed by atoms with E-state index < -0.39 is 217 Å². The molecule has 3 aromatic carbocycles. The monoisotopic (exact) mass is 1750 g/mol. The summed E-state index contributed by atoms with van der Waals surface area (Å²) >= 11 is 0. The van der Waals surface area contributed by atoms with Crippen molar-refractivity contribution in [2.24, 2.45) is 40.9 Å². The number of carboxylic acid groups (broad SMARTS) is 3. The molecule has 25 N–H and O–H groups in total. The van der Waals surface area contributed by atoms with Gasteiger partial charge in [-0.15, -0.1) is 0 Å². The average molecular weight is 1750 g/mol. The van der Waals surface area contributed by atoms with Crippen LogP contribution >= 0.6 is 0 Å². The summed E-state index contributed by atoms with van der Waals surface area (Å²) in [6, 6.07) is -2.56. The number of aliphatic carboxylic acids is 3. The number of carbonyl (C=O) groups is 17. The minimum Gasteiger partial charge on any atom is -0.508 e. The number of hydrogen-bond donors (Lipinski definition) is 22. The number of unbranched alkanes of at least 4 members (excludes halogenated alkanes) is 1. The molecule has 14 amide bonds. The molecule has 6 rings (SSSR count). The predicted octanol–water partition coefficient (Wildman–Crippen LogP) is -0.858. The van der Waals surface area contributed by atoms with E-state index in [1.807, 2.05) is 0 Å². The summed E-state index contributed by atoms with van der Waals surface area (Å²) in [7, 11) is 0. The number of carboxylic acids is 3. The van der Waals surface area contributed by atoms with Crippen LogP contribution in [0.5, 0.6) is 5.75 Å². The third kappa shape index (κ3) is 31.9. The van der Waals surface area contributed by atoms with E-state index in [1.165, 1.54) is 38.1 Å². The summed E-state index contributed by atoms with van der Waals surface area (Å²) in [5.74, 6) is -20.0. The minimum atomic E-state index is -1.96. The normalized spacial score (nSPS) is 16.0. The van der Waals surface area contributed by atoms with Gasteiger partial charge in [0.1, 0.15) is 84.3 Å². The number of fused-ring (bicyclic) bond motifs is 2. The van der Waals surface area contributed by atoms with E-state index in [4.69, 9.17) is 17.2 Å². The van der Waals surface area contributed by atoms with Crippen molar-refractivity contribution in [3.05, 3.63) is 102 Å². The summed E-state index contributed by atoms with van der Waals surface area (Å²) in [5, 5.41) is 82.9. The van der Waals surface area contributed by atoms with Gasteiger partial charge in [-0.3, -0.25) is 76.7 Å². The fourth-order valence-corrected chi connectivity index (χ4v) is 14.4. The van der Waals surface area contributed by atoms with Crippen LogP contribution in [0.3, 0.4) is 0 Å². The Bertz CT molecular complexity index is 4620. The van der Waals surface area contributed by atoms with E-state index in [9.17, 15) is 107 Å². The number of aromatic hydroxyl groups is 1. The molecule has 3 heterocycles. The number of nitrogens with two attached hydrogens (primary N) is 3. The second kappa shape index (κ2) is 48.5. The highest BCUT2D eigenvalue weighted by Crippen LogP contribution is 2.25. The van der Waals surface area contributed by atoms with E-state index >= 15 is 0 Å². The standard InChI is InChI=1S/C85H122N18O22/c1-42(2)30-57(75(114)97-62(35-49-40-89-54-20-13-11-18-52(49)54)78(117)95-58(31-43(3)4)74(113)94-59(32-44(5)6)76(115)101-66(85(124)125)39-70(109)110)93-73(112)56(22-15-16-28-86)91-83(122)71(47(10)104)102-81(120)60(33-45(7)8)99-82(121)67-23-17-29-103(67)84(123)65(38-69(107)108)100-77(116)61(34-48-24-26-51(105)27-25-48)96-79(118)63(36-50-41-90-55-21-14-12-19-53(50)55)98-80(119)64(37-68(88)106)92-72(111)46(9)87/h11-14,18-21,24-27,40-47,56-67,71,89-90,104-105H,15-17,22-23,28-39,86-87H2,1-10H3,(H2,88,106)(H,91,122)(H,92,111)(H,93,112)(H,94,113)(H,95,117)(H,96,118)(H,97,114)(H,98,119)(H,99,121)(H,100,116)(H,101,115)(H,102,120)(H,107,108)(H,109,110)(H,124,125)/t46-,47+,56-,57-,58-,59-,60-,61-,62-,63-,64-,65-,66-,67-,71-/m0/s1. The van der Waals surface area contributed by atoms with Crippen LogP contribution in [0, 0.1) is 23.7 Å². The van der Waals surface area contributed by atoms with Crippen LogP contribution in [0.1, 0.15) is 163 Å². The Balaban J connectivity index is 1.22. The maximum atomic E-state index is 15.0. The number of nitrogens with one attached hydrogen (secondary N) is 14. The van der Waals surface area contributed by atoms with Crippen molar-refractivity contribution in [2.75, 3.05) is 13.1 Å². The number of benzene rings is 3. The van der Waals surface area contributed by atoms with Gasteiger partial charge in [-0.2, -0.15) is 0 Å². The summed E-state index contributed by atoms with van der Waals surface area (Å²) in [4.78, 5) is 244. The molecule has 40 heteroatoms. The first kappa shape index (κ1) is 101. The maximum Gasteiger partial charge on any atom is 0.326 e. The second-order valence-corrected chi connectivity index (χ2v) is 33.4. The number of aromatic amines is 2. The summed E-state index contributed by atoms with van der Waals surface area (Å²) < 4.78 is 0. The Morgan fingerprint density at radius 1 is 0.432 bits per heavy atom. The van der Waals surface area contributed by atoms with Crippen LogP contribution in [-0.2, 0) is 101 Å². The Morgan fingerprint density at radius 2 is 0.808 bits per heavy atom. The molecule has 1 aliphatic rings. The van der Waals surface area contributed by atoms with E-state index in [2.05, 4.69) is 73.8 Å². The number of carbonyl (C=O) groups excluding carboxylic acids is 14. The van der Waals surface area contributed by atoms with E-state index in [1.54, 1.807) is 116 Å². The molecular formula is C85H122N18O22. The molecule has 2 aromatic heterocycles. The fraction of sp³-hybridized carbons (Fsp3) is 0.541. The molecule has 0 aliphatic carbocycles. The molecule has 0 bridgehead atoms. The third-order valence-corrected chi connectivity index (χ3v) is 20.8. The number of likely N-dealkylation sites (tertiary alicyclic amines) is 1. The fourth-order valence-electron chi connectivity index (χ4n) is 14.4. The highest BCUT2D eigenvalue weighted by atomic mass is 16.4. The number of primary amides is 1. The van der Waals surface area contributed by atoms with Crippen molar-refractivity contribution in [2.45, 2.75) is 256 Å². The Hall–Kier alpha value is -12.6. The molecule has 684 valence electrons. The van der Waals surface area contributed by atoms with Gasteiger partial charge in [0.25, 0.3) is 0 Å². The van der Waals surface area contributed by atoms with Crippen molar-refractivity contribution < 1.29 is 107 Å². The largest absolute Gasteiger partial charge is 0.508 e. The summed E-state index contributed by atoms with van der Waals surface area (Å²) in [6.07, 6.45) is -1.92. The number of aliphatic hydroxyl groups excluding tert-OH is 1. The highest BCUT2D eigenvalue weighted by molar-refractivity contribution is 6.02. The van der Waals surface area contributed by atoms with Gasteiger partial charge in [-0.25, -0.2) is 4.79 Å². The lowest BCUT2D eigenvalue weighted by Gasteiger charge is -2.31. The number of phenolic OH excluding ortho intramolecular Hbond substituents is 1. The van der Waals surface area contributed by atoms with Crippen molar-refractivity contribution in [3.63, 3.8) is 0 Å². The smallest absolute Gasteiger partial charge is 0.326 e. The van der Waals surface area contributed by atoms with E-state index in [0.717, 1.165) is 4.90 Å². The summed E-state index contributed by atoms with van der Waals surface area (Å²) in [6.45, 7) is 16.3. The number of amides is 14. The number of aromatic nitrogens is 2. The highest BCUT2D eigenvalue weighted by Gasteiger charge is 2.43.